The van der Waals surface area contributed by atoms with E-state index in [9.17, 15) is 5.26 Å². The van der Waals surface area contributed by atoms with Gasteiger partial charge >= 0.3 is 0 Å². The van der Waals surface area contributed by atoms with Gasteiger partial charge < -0.3 is 22.7 Å². The number of hydrogen-bond donors (Lipinski definition) is 0. The van der Waals surface area contributed by atoms with E-state index in [1.165, 1.54) is 0 Å². The molecule has 0 bridgehead atoms. The van der Waals surface area contributed by atoms with Crippen LogP contribution in [0, 0.1) is 39.0 Å². The number of hydrogen-bond acceptors (Lipinski definition) is 3. The number of fused-ring (bicyclic) bond motifs is 15. The number of nitriles is 1. The molecule has 16 rings (SSSR count). The van der Waals surface area contributed by atoms with Crippen LogP contribution in [0.2, 0.25) is 0 Å². The maximum Gasteiger partial charge on any atom is 0.153 e. The molecule has 6 aromatic heterocycles. The lowest BCUT2D eigenvalue weighted by atomic mass is 9.91. The molecule has 0 spiro atoms. The monoisotopic (exact) mass is 986 g/mol. The molecule has 0 aliphatic carbocycles. The third kappa shape index (κ3) is 5.71. The minimum absolute atomic E-state index is 0.525. The van der Waals surface area contributed by atoms with Crippen molar-refractivity contribution in [2.75, 3.05) is 0 Å². The van der Waals surface area contributed by atoms with Crippen molar-refractivity contribution in [2.45, 2.75) is 27.7 Å². The summed E-state index contributed by atoms with van der Waals surface area (Å²) in [7, 11) is 0. The Kier molecular flexibility index (Phi) is 8.95. The molecular weight excluding hydrogens is 941 g/mol. The molecule has 0 N–H and O–H groups in total. The quantitative estimate of drug-likeness (QED) is 0.172. The van der Waals surface area contributed by atoms with Crippen LogP contribution >= 0.6 is 0 Å². The lowest BCUT2D eigenvalue weighted by molar-refractivity contribution is 0.668. The predicted octanol–water partition coefficient (Wildman–Crippen LogP) is 18.1. The lowest BCUT2D eigenvalue weighted by Gasteiger charge is -2.30. The van der Waals surface area contributed by atoms with E-state index in [0.29, 0.717) is 11.1 Å². The minimum atomic E-state index is 0.525. The number of pyridine rings is 1. The van der Waals surface area contributed by atoms with E-state index in [1.54, 1.807) is 0 Å². The maximum absolute atomic E-state index is 13.1. The average molecular weight is 987 g/mol. The Morgan fingerprint density at radius 3 is 1.12 bits per heavy atom. The van der Waals surface area contributed by atoms with E-state index in [4.69, 9.17) is 9.40 Å². The number of para-hydroxylation sites is 8. The highest BCUT2D eigenvalue weighted by atomic mass is 16.3. The van der Waals surface area contributed by atoms with Crippen LogP contribution in [-0.2, 0) is 0 Å². The number of furan rings is 1. The molecule has 362 valence electrons. The number of nitrogens with zero attached hydrogens (tertiary/aromatic N) is 6. The summed E-state index contributed by atoms with van der Waals surface area (Å²) in [5.41, 5.74) is 20.4. The Morgan fingerprint density at radius 2 is 0.714 bits per heavy atom. The van der Waals surface area contributed by atoms with E-state index in [0.717, 1.165) is 160 Å². The topological polar surface area (TPSA) is 69.5 Å². The van der Waals surface area contributed by atoms with Gasteiger partial charge in [0.1, 0.15) is 22.7 Å². The first kappa shape index (κ1) is 43.3. The van der Waals surface area contributed by atoms with Crippen LogP contribution in [0.25, 0.3) is 143 Å². The van der Waals surface area contributed by atoms with Crippen LogP contribution in [0.1, 0.15) is 27.8 Å². The van der Waals surface area contributed by atoms with Gasteiger partial charge in [0.15, 0.2) is 5.58 Å². The van der Waals surface area contributed by atoms with Crippen molar-refractivity contribution in [3.8, 4) is 39.9 Å². The Balaban J connectivity index is 1.33. The highest BCUT2D eigenvalue weighted by Crippen LogP contribution is 2.54. The van der Waals surface area contributed by atoms with E-state index in [1.807, 2.05) is 18.3 Å². The zero-order valence-corrected chi connectivity index (χ0v) is 42.7. The largest absolute Gasteiger partial charge is 0.454 e. The van der Waals surface area contributed by atoms with E-state index < -0.39 is 0 Å². The third-order valence-corrected chi connectivity index (χ3v) is 16.5. The first-order valence-corrected chi connectivity index (χ1v) is 26.3. The van der Waals surface area contributed by atoms with Crippen LogP contribution in [0.3, 0.4) is 0 Å². The first-order chi connectivity index (χ1) is 37.9. The minimum Gasteiger partial charge on any atom is -0.454 e. The zero-order chi connectivity index (χ0) is 51.4. The van der Waals surface area contributed by atoms with Gasteiger partial charge in [-0.3, -0.25) is 4.98 Å². The summed E-state index contributed by atoms with van der Waals surface area (Å²) in [6, 6.07) is 74.8. The molecule has 0 unspecified atom stereocenters. The fourth-order valence-electron chi connectivity index (χ4n) is 13.5. The number of rotatable bonds is 5. The molecule has 7 heteroatoms. The van der Waals surface area contributed by atoms with Crippen LogP contribution < -0.4 is 0 Å². The SMILES string of the molecule is Cc1cccc2c3ccccc3n(-c3c(C#N)c(-n4c5ccccc5c5cccc(C)c54)c(-n4c5ccccc5c5cccc(C)c54)c(-c4cccc5oc6cccnc6c45)c3-n3c4ccccc4c4cccc(C)c43)c12. The Hall–Kier alpha value is -10.2. The van der Waals surface area contributed by atoms with Gasteiger partial charge in [-0.15, -0.1) is 0 Å². The van der Waals surface area contributed by atoms with Gasteiger partial charge in [0.2, 0.25) is 0 Å². The summed E-state index contributed by atoms with van der Waals surface area (Å²) < 4.78 is 16.7. The number of aryl methyl sites for hydroxylation is 4. The van der Waals surface area contributed by atoms with Gasteiger partial charge in [-0.2, -0.15) is 5.26 Å². The van der Waals surface area contributed by atoms with Crippen molar-refractivity contribution in [1.29, 1.82) is 5.26 Å². The highest BCUT2D eigenvalue weighted by Gasteiger charge is 2.36. The molecule has 0 atom stereocenters. The highest BCUT2D eigenvalue weighted by molar-refractivity contribution is 6.20. The molecule has 0 aliphatic heterocycles. The van der Waals surface area contributed by atoms with Crippen molar-refractivity contribution < 1.29 is 4.42 Å². The van der Waals surface area contributed by atoms with Gasteiger partial charge in [-0.1, -0.05) is 158 Å². The van der Waals surface area contributed by atoms with Crippen LogP contribution in [-0.4, -0.2) is 23.3 Å². The Labute approximate surface area is 441 Å². The molecular formula is C70H46N6O. The molecule has 0 saturated carbocycles. The molecule has 6 heterocycles. The molecule has 10 aromatic carbocycles. The van der Waals surface area contributed by atoms with Crippen LogP contribution in [0.15, 0.2) is 211 Å². The second-order valence-electron chi connectivity index (χ2n) is 20.7. The molecule has 0 saturated heterocycles. The van der Waals surface area contributed by atoms with Gasteiger partial charge in [0.25, 0.3) is 0 Å². The van der Waals surface area contributed by atoms with Gasteiger partial charge in [0, 0.05) is 54.9 Å². The number of aromatic nitrogens is 5. The standard InChI is InChI=1S/C70H46N6O/c1-40-19-13-27-48-44-23-5-9-32-54(44)73(63(40)48)67-53(39-71)68(74-55-33-10-6-24-45(55)49-28-14-20-41(2)64(49)74)70(76-57-35-12-8-26-47(57)51-30-16-22-43(4)66(51)76)61(52-31-17-36-58-60(52)62-59(77-58)37-18-38-72-62)69(67)75-56-34-11-7-25-46(56)50-29-15-21-42(3)65(50)75/h5-38H,1-4H3. The van der Waals surface area contributed by atoms with Crippen molar-refractivity contribution in [1.82, 2.24) is 23.3 Å². The summed E-state index contributed by atoms with van der Waals surface area (Å²) >= 11 is 0. The third-order valence-electron chi connectivity index (χ3n) is 16.5. The van der Waals surface area contributed by atoms with E-state index in [-0.39, 0.29) is 0 Å². The summed E-state index contributed by atoms with van der Waals surface area (Å²) in [6.07, 6.45) is 1.86. The van der Waals surface area contributed by atoms with Crippen LogP contribution in [0.4, 0.5) is 0 Å². The summed E-state index contributed by atoms with van der Waals surface area (Å²) in [4.78, 5) is 5.16. The second kappa shape index (κ2) is 15.9. The van der Waals surface area contributed by atoms with Gasteiger partial charge in [0.05, 0.1) is 72.3 Å². The fraction of sp³-hybridized carbons (Fsp3) is 0.0571. The lowest BCUT2D eigenvalue weighted by Crippen LogP contribution is -2.17. The van der Waals surface area contributed by atoms with Crippen molar-refractivity contribution in [3.05, 3.63) is 234 Å². The van der Waals surface area contributed by atoms with Gasteiger partial charge in [-0.05, 0) is 98.0 Å². The van der Waals surface area contributed by atoms with E-state index in [2.05, 4.69) is 240 Å². The number of benzene rings is 10. The summed E-state index contributed by atoms with van der Waals surface area (Å²) in [5, 5.41) is 22.8. The molecule has 0 fully saturated rings. The van der Waals surface area contributed by atoms with Crippen LogP contribution in [0.5, 0.6) is 0 Å². The Morgan fingerprint density at radius 1 is 0.364 bits per heavy atom. The summed E-state index contributed by atoms with van der Waals surface area (Å²) in [5.74, 6) is 0. The molecule has 7 nitrogen and oxygen atoms in total. The van der Waals surface area contributed by atoms with Crippen molar-refractivity contribution >= 4 is 109 Å². The predicted molar refractivity (Wildman–Crippen MR) is 318 cm³/mol. The zero-order valence-electron chi connectivity index (χ0n) is 42.7. The molecule has 77 heavy (non-hydrogen) atoms. The molecule has 0 radical (unpaired) electrons. The normalized spacial score (nSPS) is 12.1. The first-order valence-electron chi connectivity index (χ1n) is 26.3. The molecule has 0 amide bonds. The van der Waals surface area contributed by atoms with Gasteiger partial charge in [-0.25, -0.2) is 0 Å². The average Bonchev–Trinajstić information content (AvgIpc) is 4.37. The Bertz CT molecular complexity index is 5030. The summed E-state index contributed by atoms with van der Waals surface area (Å²) in [6.45, 7) is 8.83. The second-order valence-corrected chi connectivity index (χ2v) is 20.7. The van der Waals surface area contributed by atoms with Crippen molar-refractivity contribution in [2.24, 2.45) is 0 Å². The van der Waals surface area contributed by atoms with Crippen molar-refractivity contribution in [3.63, 3.8) is 0 Å². The van der Waals surface area contributed by atoms with E-state index >= 15 is 0 Å². The maximum atomic E-state index is 13.1. The molecule has 0 aliphatic rings. The molecule has 16 aromatic rings. The fourth-order valence-corrected chi connectivity index (χ4v) is 13.5. The smallest absolute Gasteiger partial charge is 0.153 e.